The minimum atomic E-state index is -0.307. The lowest BCUT2D eigenvalue weighted by molar-refractivity contribution is -0.118. The van der Waals surface area contributed by atoms with Crippen molar-refractivity contribution in [1.29, 1.82) is 0 Å². The van der Waals surface area contributed by atoms with Gasteiger partial charge in [0.1, 0.15) is 5.00 Å². The molecule has 0 spiro atoms. The maximum absolute atomic E-state index is 12.4. The Morgan fingerprint density at radius 3 is 2.70 bits per heavy atom. The number of carbonyl (C=O) groups is 2. The third-order valence-electron chi connectivity index (χ3n) is 4.30. The highest BCUT2D eigenvalue weighted by Gasteiger charge is 2.30. The average Bonchev–Trinajstić information content (AvgIpc) is 2.84. The van der Waals surface area contributed by atoms with Crippen molar-refractivity contribution >= 4 is 28.2 Å². The zero-order valence-electron chi connectivity index (χ0n) is 14.5. The predicted molar refractivity (Wildman–Crippen MR) is 94.2 cm³/mol. The number of amides is 1. The molecule has 1 aliphatic carbocycles. The molecule has 4 nitrogen and oxygen atoms in total. The molecule has 5 heteroatoms. The molecule has 1 atom stereocenters. The van der Waals surface area contributed by atoms with Crippen molar-refractivity contribution in [3.63, 3.8) is 0 Å². The highest BCUT2D eigenvalue weighted by molar-refractivity contribution is 7.17. The lowest BCUT2D eigenvalue weighted by Crippen LogP contribution is -2.20. The number of anilines is 1. The molecule has 1 aromatic rings. The number of thiophene rings is 1. The third-order valence-corrected chi connectivity index (χ3v) is 5.47. The number of hydrogen-bond acceptors (Lipinski definition) is 4. The van der Waals surface area contributed by atoms with Crippen molar-refractivity contribution < 1.29 is 14.3 Å². The highest BCUT2D eigenvalue weighted by atomic mass is 32.1. The van der Waals surface area contributed by atoms with Crippen LogP contribution >= 0.6 is 11.3 Å². The molecule has 1 heterocycles. The summed E-state index contributed by atoms with van der Waals surface area (Å²) >= 11 is 1.56. The summed E-state index contributed by atoms with van der Waals surface area (Å²) in [5.74, 6) is 0.212. The molecule has 1 aromatic heterocycles. The Morgan fingerprint density at radius 1 is 1.35 bits per heavy atom. The van der Waals surface area contributed by atoms with E-state index in [2.05, 4.69) is 12.2 Å². The maximum Gasteiger partial charge on any atom is 0.341 e. The zero-order chi connectivity index (χ0) is 17.0. The van der Waals surface area contributed by atoms with Gasteiger partial charge in [-0.25, -0.2) is 4.79 Å². The molecule has 23 heavy (non-hydrogen) atoms. The van der Waals surface area contributed by atoms with Gasteiger partial charge in [-0.05, 0) is 37.7 Å². The van der Waals surface area contributed by atoms with Crippen molar-refractivity contribution in [3.05, 3.63) is 16.0 Å². The van der Waals surface area contributed by atoms with Gasteiger partial charge < -0.3 is 10.1 Å². The molecule has 0 radical (unpaired) electrons. The number of ether oxygens (including phenoxy) is 1. The predicted octanol–water partition coefficient (Wildman–Crippen LogP) is 4.42. The summed E-state index contributed by atoms with van der Waals surface area (Å²) in [5, 5.41) is 3.60. The van der Waals surface area contributed by atoms with Gasteiger partial charge in [-0.2, -0.15) is 0 Å². The highest BCUT2D eigenvalue weighted by Crippen LogP contribution is 2.41. The molecule has 1 amide bonds. The molecule has 1 N–H and O–H groups in total. The van der Waals surface area contributed by atoms with Crippen molar-refractivity contribution in [2.45, 2.75) is 59.8 Å². The topological polar surface area (TPSA) is 55.4 Å². The fraction of sp³-hybridized carbons (Fsp3) is 0.667. The van der Waals surface area contributed by atoms with Crippen LogP contribution in [0.1, 0.15) is 67.8 Å². The van der Waals surface area contributed by atoms with E-state index in [-0.39, 0.29) is 17.8 Å². The van der Waals surface area contributed by atoms with Crippen LogP contribution in [0.5, 0.6) is 0 Å². The van der Waals surface area contributed by atoms with Crippen LogP contribution in [0.3, 0.4) is 0 Å². The van der Waals surface area contributed by atoms with Gasteiger partial charge in [0.15, 0.2) is 0 Å². The van der Waals surface area contributed by atoms with E-state index in [9.17, 15) is 9.59 Å². The van der Waals surface area contributed by atoms with Gasteiger partial charge in [0.05, 0.1) is 12.2 Å². The molecule has 0 unspecified atom stereocenters. The molecular formula is C18H27NO3S. The van der Waals surface area contributed by atoms with Crippen LogP contribution in [0.25, 0.3) is 0 Å². The van der Waals surface area contributed by atoms with E-state index in [1.54, 1.807) is 18.3 Å². The zero-order valence-corrected chi connectivity index (χ0v) is 15.3. The van der Waals surface area contributed by atoms with E-state index in [4.69, 9.17) is 4.74 Å². The second-order valence-electron chi connectivity index (χ2n) is 6.47. The largest absolute Gasteiger partial charge is 0.462 e. The van der Waals surface area contributed by atoms with Crippen molar-refractivity contribution in [2.24, 2.45) is 11.8 Å². The van der Waals surface area contributed by atoms with Gasteiger partial charge in [-0.3, -0.25) is 4.79 Å². The van der Waals surface area contributed by atoms with E-state index in [1.807, 2.05) is 13.8 Å². The Labute approximate surface area is 142 Å². The number of carbonyl (C=O) groups excluding carboxylic acids is 2. The Kier molecular flexibility index (Phi) is 6.22. The summed E-state index contributed by atoms with van der Waals surface area (Å²) in [6.45, 7) is 8.07. The van der Waals surface area contributed by atoms with Gasteiger partial charge in [-0.1, -0.05) is 33.6 Å². The molecule has 0 saturated heterocycles. The first-order valence-corrected chi connectivity index (χ1v) is 9.42. The maximum atomic E-state index is 12.4. The Balaban J connectivity index is 2.33. The third kappa shape index (κ3) is 4.14. The summed E-state index contributed by atoms with van der Waals surface area (Å²) in [4.78, 5) is 25.7. The van der Waals surface area contributed by atoms with Crippen LogP contribution in [-0.4, -0.2) is 18.5 Å². The minimum absolute atomic E-state index is 0.0562. The van der Waals surface area contributed by atoms with Gasteiger partial charge >= 0.3 is 5.97 Å². The van der Waals surface area contributed by atoms with Crippen LogP contribution in [0.15, 0.2) is 0 Å². The average molecular weight is 337 g/mol. The lowest BCUT2D eigenvalue weighted by Gasteiger charge is -2.21. The van der Waals surface area contributed by atoms with Crippen LogP contribution < -0.4 is 5.32 Å². The Hall–Kier alpha value is -1.36. The van der Waals surface area contributed by atoms with Crippen molar-refractivity contribution in [1.82, 2.24) is 0 Å². The van der Waals surface area contributed by atoms with Gasteiger partial charge in [-0.15, -0.1) is 11.3 Å². The number of rotatable bonds is 6. The fourth-order valence-corrected chi connectivity index (χ4v) is 4.43. The van der Waals surface area contributed by atoms with Crippen molar-refractivity contribution in [3.8, 4) is 0 Å². The lowest BCUT2D eigenvalue weighted by atomic mass is 9.84. The smallest absolute Gasteiger partial charge is 0.341 e. The van der Waals surface area contributed by atoms with Gasteiger partial charge in [0, 0.05) is 10.8 Å². The van der Waals surface area contributed by atoms with Gasteiger partial charge in [0.25, 0.3) is 0 Å². The molecule has 0 saturated carbocycles. The fourth-order valence-electron chi connectivity index (χ4n) is 3.07. The Morgan fingerprint density at radius 2 is 2.09 bits per heavy atom. The first-order valence-electron chi connectivity index (χ1n) is 8.60. The van der Waals surface area contributed by atoms with E-state index < -0.39 is 0 Å². The molecule has 1 aliphatic rings. The first kappa shape index (κ1) is 18.0. The molecule has 0 bridgehead atoms. The number of esters is 1. The summed E-state index contributed by atoms with van der Waals surface area (Å²) in [7, 11) is 0. The molecule has 128 valence electrons. The number of nitrogens with one attached hydrogen (secondary N) is 1. The monoisotopic (exact) mass is 337 g/mol. The minimum Gasteiger partial charge on any atom is -0.462 e. The number of hydrogen-bond donors (Lipinski definition) is 1. The van der Waals surface area contributed by atoms with E-state index in [0.717, 1.165) is 24.8 Å². The standard InChI is InChI=1S/C18H27NO3S/c1-5-7-12-8-9-13-14(10-12)23-17(19-16(20)11(3)4)15(13)18(21)22-6-2/h11-12H,5-10H2,1-4H3,(H,19,20)/t12-/m0/s1. The summed E-state index contributed by atoms with van der Waals surface area (Å²) in [6, 6.07) is 0. The second-order valence-corrected chi connectivity index (χ2v) is 7.58. The number of fused-ring (bicyclic) bond motifs is 1. The molecule has 0 aliphatic heterocycles. The Bertz CT molecular complexity index is 577. The SMILES string of the molecule is CCC[C@H]1CCc2c(sc(NC(=O)C(C)C)c2C(=O)OCC)C1. The summed E-state index contributed by atoms with van der Waals surface area (Å²) < 4.78 is 5.23. The van der Waals surface area contributed by atoms with Crippen LogP contribution in [-0.2, 0) is 22.4 Å². The molecule has 0 fully saturated rings. The quantitative estimate of drug-likeness (QED) is 0.782. The summed E-state index contributed by atoms with van der Waals surface area (Å²) in [6.07, 6.45) is 5.44. The van der Waals surface area contributed by atoms with E-state index >= 15 is 0 Å². The van der Waals surface area contributed by atoms with Crippen LogP contribution in [0.4, 0.5) is 5.00 Å². The normalized spacial score (nSPS) is 17.0. The molecule has 0 aromatic carbocycles. The van der Waals surface area contributed by atoms with E-state index in [0.29, 0.717) is 23.1 Å². The van der Waals surface area contributed by atoms with Gasteiger partial charge in [0.2, 0.25) is 5.91 Å². The summed E-state index contributed by atoms with van der Waals surface area (Å²) in [5.41, 5.74) is 1.69. The molecule has 2 rings (SSSR count). The van der Waals surface area contributed by atoms with Crippen LogP contribution in [0.2, 0.25) is 0 Å². The second kappa shape index (κ2) is 7.95. The van der Waals surface area contributed by atoms with Crippen LogP contribution in [0, 0.1) is 11.8 Å². The van der Waals surface area contributed by atoms with E-state index in [1.165, 1.54) is 17.7 Å². The first-order chi connectivity index (χ1) is 11.0. The molecular weight excluding hydrogens is 310 g/mol. The van der Waals surface area contributed by atoms with Crippen molar-refractivity contribution in [2.75, 3.05) is 11.9 Å².